The molecule has 2 amide bonds. The normalized spacial score (nSPS) is 17.7. The Morgan fingerprint density at radius 3 is 2.41 bits per heavy atom. The van der Waals surface area contributed by atoms with Crippen LogP contribution in [0.25, 0.3) is 0 Å². The molecule has 5 nitrogen and oxygen atoms in total. The molecule has 0 bridgehead atoms. The third kappa shape index (κ3) is 5.24. The van der Waals surface area contributed by atoms with Crippen LogP contribution in [0.5, 0.6) is 0 Å². The number of hydrogen-bond donors (Lipinski definition) is 1. The summed E-state index contributed by atoms with van der Waals surface area (Å²) in [4.78, 5) is 27.0. The first-order valence-corrected chi connectivity index (χ1v) is 11.6. The van der Waals surface area contributed by atoms with E-state index in [1.807, 2.05) is 32.0 Å². The second-order valence-corrected chi connectivity index (χ2v) is 9.50. The van der Waals surface area contributed by atoms with Crippen LogP contribution in [-0.2, 0) is 22.2 Å². The maximum atomic E-state index is 13.4. The highest BCUT2D eigenvalue weighted by atomic mass is 35.5. The molecule has 1 saturated heterocycles. The number of carbonyl (C=O) groups excluding carboxylic acids is 2. The van der Waals surface area contributed by atoms with Crippen LogP contribution < -0.4 is 10.2 Å². The van der Waals surface area contributed by atoms with Gasteiger partial charge >= 0.3 is 6.18 Å². The van der Waals surface area contributed by atoms with Gasteiger partial charge in [-0.2, -0.15) is 18.4 Å². The van der Waals surface area contributed by atoms with Gasteiger partial charge in [0.05, 0.1) is 10.8 Å². The molecule has 34 heavy (non-hydrogen) atoms. The predicted octanol–water partition coefficient (Wildman–Crippen LogP) is 5.65. The van der Waals surface area contributed by atoms with Gasteiger partial charge in [0.25, 0.3) is 5.91 Å². The quantitative estimate of drug-likeness (QED) is 0.419. The largest absolute Gasteiger partial charge is 0.416 e. The van der Waals surface area contributed by atoms with Gasteiger partial charge in [-0.1, -0.05) is 49.3 Å². The van der Waals surface area contributed by atoms with E-state index in [1.165, 1.54) is 11.9 Å². The fourth-order valence-electron chi connectivity index (χ4n) is 3.46. The van der Waals surface area contributed by atoms with Crippen molar-refractivity contribution < 1.29 is 22.8 Å². The van der Waals surface area contributed by atoms with Crippen molar-refractivity contribution in [2.24, 2.45) is 0 Å². The van der Waals surface area contributed by atoms with Crippen molar-refractivity contribution in [3.8, 4) is 6.07 Å². The molecule has 1 atom stereocenters. The van der Waals surface area contributed by atoms with E-state index in [2.05, 4.69) is 5.32 Å². The Morgan fingerprint density at radius 1 is 1.24 bits per heavy atom. The summed E-state index contributed by atoms with van der Waals surface area (Å²) in [6, 6.07) is 11.9. The molecule has 3 rings (SSSR count). The zero-order chi connectivity index (χ0) is 25.2. The third-order valence-electron chi connectivity index (χ3n) is 5.33. The fraction of sp³-hybridized carbons (Fsp3) is 0.292. The standard InChI is InChI=1S/C24H21ClF3N3O2S/c1-13(2)14-4-7-17(8-5-14)31-22(33)20(34-23(31)18(12-29)21(32)30-3)11-15-10-16(24(26,27)28)6-9-19(15)25/h4-10,13,20H,11H2,1-3H3,(H,30,32)/b23-18-. The van der Waals surface area contributed by atoms with Gasteiger partial charge in [-0.15, -0.1) is 0 Å². The number of likely N-dealkylation sites (N-methyl/N-ethyl adjacent to an activating group) is 1. The molecule has 0 saturated carbocycles. The number of anilines is 1. The molecule has 2 aromatic carbocycles. The van der Waals surface area contributed by atoms with Crippen molar-refractivity contribution in [3.63, 3.8) is 0 Å². The monoisotopic (exact) mass is 507 g/mol. The number of nitrogens with zero attached hydrogens (tertiary/aromatic N) is 2. The molecule has 10 heteroatoms. The molecule has 1 fully saturated rings. The number of nitriles is 1. The number of halogens is 4. The molecular formula is C24H21ClF3N3O2S. The van der Waals surface area contributed by atoms with E-state index in [4.69, 9.17) is 11.6 Å². The second-order valence-electron chi connectivity index (χ2n) is 7.91. The summed E-state index contributed by atoms with van der Waals surface area (Å²) in [6.07, 6.45) is -4.67. The number of carbonyl (C=O) groups is 2. The summed E-state index contributed by atoms with van der Waals surface area (Å²) in [7, 11) is 1.36. The Hall–Kier alpha value is -2.96. The average Bonchev–Trinajstić information content (AvgIpc) is 3.10. The average molecular weight is 508 g/mol. The first-order valence-electron chi connectivity index (χ1n) is 10.3. The number of hydrogen-bond acceptors (Lipinski definition) is 4. The van der Waals surface area contributed by atoms with Crippen molar-refractivity contribution in [2.75, 3.05) is 11.9 Å². The maximum absolute atomic E-state index is 13.4. The number of nitrogens with one attached hydrogen (secondary N) is 1. The second kappa shape index (κ2) is 10.1. The molecule has 1 heterocycles. The predicted molar refractivity (Wildman–Crippen MR) is 126 cm³/mol. The highest BCUT2D eigenvalue weighted by molar-refractivity contribution is 8.05. The molecular weight excluding hydrogens is 487 g/mol. The summed E-state index contributed by atoms with van der Waals surface area (Å²) in [6.45, 7) is 4.04. The van der Waals surface area contributed by atoms with Crippen LogP contribution in [0.1, 0.15) is 36.5 Å². The Kier molecular flexibility index (Phi) is 7.64. The van der Waals surface area contributed by atoms with Gasteiger partial charge in [0.2, 0.25) is 5.91 Å². The minimum absolute atomic E-state index is 0.0958. The van der Waals surface area contributed by atoms with Crippen molar-refractivity contribution in [1.82, 2.24) is 5.32 Å². The Labute approximate surface area is 204 Å². The van der Waals surface area contributed by atoms with E-state index < -0.39 is 28.8 Å². The van der Waals surface area contributed by atoms with Crippen LogP contribution in [0.2, 0.25) is 5.02 Å². The van der Waals surface area contributed by atoms with Crippen LogP contribution in [0.3, 0.4) is 0 Å². The topological polar surface area (TPSA) is 73.2 Å². The van der Waals surface area contributed by atoms with Gasteiger partial charge in [-0.3, -0.25) is 14.5 Å². The molecule has 0 aliphatic carbocycles. The zero-order valence-electron chi connectivity index (χ0n) is 18.5. The van der Waals surface area contributed by atoms with Crippen molar-refractivity contribution in [1.29, 1.82) is 5.26 Å². The highest BCUT2D eigenvalue weighted by Crippen LogP contribution is 2.43. The van der Waals surface area contributed by atoms with Gasteiger partial charge in [-0.05, 0) is 53.8 Å². The molecule has 1 aliphatic heterocycles. The van der Waals surface area contributed by atoms with Crippen LogP contribution in [0.15, 0.2) is 53.1 Å². The maximum Gasteiger partial charge on any atom is 0.416 e. The van der Waals surface area contributed by atoms with E-state index in [0.717, 1.165) is 35.5 Å². The first kappa shape index (κ1) is 25.7. The first-order chi connectivity index (χ1) is 16.0. The van der Waals surface area contributed by atoms with Crippen LogP contribution >= 0.6 is 23.4 Å². The molecule has 2 aromatic rings. The minimum atomic E-state index is -4.56. The van der Waals surface area contributed by atoms with Crippen molar-refractivity contribution in [3.05, 3.63) is 74.8 Å². The molecule has 1 unspecified atom stereocenters. The van der Waals surface area contributed by atoms with Crippen molar-refractivity contribution in [2.45, 2.75) is 37.6 Å². The lowest BCUT2D eigenvalue weighted by molar-refractivity contribution is -0.137. The van der Waals surface area contributed by atoms with E-state index in [9.17, 15) is 28.0 Å². The van der Waals surface area contributed by atoms with E-state index >= 15 is 0 Å². The van der Waals surface area contributed by atoms with Crippen LogP contribution in [0.4, 0.5) is 18.9 Å². The SMILES string of the molecule is CNC(=O)/C(C#N)=C1\SC(Cc2cc(C(F)(F)F)ccc2Cl)C(=O)N1c1ccc(C(C)C)cc1. The zero-order valence-corrected chi connectivity index (χ0v) is 20.1. The van der Waals surface area contributed by atoms with E-state index in [0.29, 0.717) is 5.69 Å². The lowest BCUT2D eigenvalue weighted by Crippen LogP contribution is -2.31. The van der Waals surface area contributed by atoms with E-state index in [1.54, 1.807) is 12.1 Å². The molecule has 0 spiro atoms. The number of thioether (sulfide) groups is 1. The third-order valence-corrected chi connectivity index (χ3v) is 6.96. The molecule has 0 radical (unpaired) electrons. The summed E-state index contributed by atoms with van der Waals surface area (Å²) < 4.78 is 39.6. The lowest BCUT2D eigenvalue weighted by atomic mass is 10.0. The Bertz CT molecular complexity index is 1190. The highest BCUT2D eigenvalue weighted by Gasteiger charge is 2.41. The summed E-state index contributed by atoms with van der Waals surface area (Å²) in [5.74, 6) is -0.870. The van der Waals surface area contributed by atoms with Gasteiger partial charge in [0.1, 0.15) is 16.7 Å². The summed E-state index contributed by atoms with van der Waals surface area (Å²) >= 11 is 7.10. The smallest absolute Gasteiger partial charge is 0.354 e. The molecule has 1 aliphatic rings. The molecule has 178 valence electrons. The van der Waals surface area contributed by atoms with Gasteiger partial charge in [0.15, 0.2) is 0 Å². The van der Waals surface area contributed by atoms with Crippen molar-refractivity contribution >= 4 is 40.9 Å². The number of benzene rings is 2. The lowest BCUT2D eigenvalue weighted by Gasteiger charge is -2.19. The van der Waals surface area contributed by atoms with Gasteiger partial charge < -0.3 is 5.32 Å². The Morgan fingerprint density at radius 2 is 1.88 bits per heavy atom. The number of rotatable bonds is 5. The Balaban J connectivity index is 2.06. The van der Waals surface area contributed by atoms with Gasteiger partial charge in [-0.25, -0.2) is 0 Å². The molecule has 1 N–H and O–H groups in total. The van der Waals surface area contributed by atoms with E-state index in [-0.39, 0.29) is 33.5 Å². The number of amides is 2. The fourth-order valence-corrected chi connectivity index (χ4v) is 4.95. The summed E-state index contributed by atoms with van der Waals surface area (Å²) in [5, 5.41) is 11.4. The van der Waals surface area contributed by atoms with Gasteiger partial charge in [0, 0.05) is 17.8 Å². The molecule has 0 aromatic heterocycles. The summed E-state index contributed by atoms with van der Waals surface area (Å²) in [5.41, 5.74) is 0.504. The minimum Gasteiger partial charge on any atom is -0.354 e. The number of alkyl halides is 3. The van der Waals surface area contributed by atoms with Crippen LogP contribution in [0, 0.1) is 11.3 Å². The van der Waals surface area contributed by atoms with Crippen LogP contribution in [-0.4, -0.2) is 24.1 Å².